The van der Waals surface area contributed by atoms with Crippen LogP contribution >= 0.6 is 0 Å². The van der Waals surface area contributed by atoms with Crippen molar-refractivity contribution in [2.75, 3.05) is 27.9 Å². The van der Waals surface area contributed by atoms with Crippen LogP contribution < -0.4 is 4.74 Å². The summed E-state index contributed by atoms with van der Waals surface area (Å²) in [7, 11) is 3.98. The first-order valence-corrected chi connectivity index (χ1v) is 7.27. The highest BCUT2D eigenvalue weighted by molar-refractivity contribution is 5.99. The number of nitrogens with zero attached hydrogens (tertiary/aromatic N) is 2. The number of ether oxygens (including phenoxy) is 2. The van der Waals surface area contributed by atoms with Gasteiger partial charge in [-0.3, -0.25) is 4.79 Å². The van der Waals surface area contributed by atoms with E-state index < -0.39 is 11.5 Å². The summed E-state index contributed by atoms with van der Waals surface area (Å²) in [5.41, 5.74) is -0.444. The minimum Gasteiger partial charge on any atom is -0.497 e. The summed E-state index contributed by atoms with van der Waals surface area (Å²) in [5, 5.41) is 0. The van der Waals surface area contributed by atoms with Crippen molar-refractivity contribution in [2.24, 2.45) is 4.99 Å². The maximum absolute atomic E-state index is 12.6. The van der Waals surface area contributed by atoms with Crippen molar-refractivity contribution >= 4 is 18.3 Å². The van der Waals surface area contributed by atoms with Crippen LogP contribution in [-0.4, -0.2) is 56.6 Å². The van der Waals surface area contributed by atoms with E-state index in [9.17, 15) is 9.59 Å². The number of hydrogen-bond acceptors (Lipinski definition) is 7. The maximum atomic E-state index is 12.6. The molecule has 0 bridgehead atoms. The van der Waals surface area contributed by atoms with E-state index >= 15 is 0 Å². The lowest BCUT2D eigenvalue weighted by molar-refractivity contribution is -0.188. The van der Waals surface area contributed by atoms with Gasteiger partial charge in [0.05, 0.1) is 27.9 Å². The topological polar surface area (TPSA) is 86.7 Å². The van der Waals surface area contributed by atoms with Gasteiger partial charge < -0.3 is 19.3 Å². The number of rotatable bonds is 7. The molecule has 0 aliphatic carbocycles. The lowest BCUT2D eigenvalue weighted by atomic mass is 10.0. The standard InChI is InChI=1S/C17H18N2O6/c1-5-17(16(21)23-3,18-11-25-24-4)10-19-9-12-6-7-13(22-2)8-14(12)15(19)20/h1,6-8,11H,9-10H2,2-4H3/b18-11+/t17-/m1/s1. The van der Waals surface area contributed by atoms with Crippen LogP contribution in [0.3, 0.4) is 0 Å². The van der Waals surface area contributed by atoms with Gasteiger partial charge in [-0.15, -0.1) is 6.42 Å². The highest BCUT2D eigenvalue weighted by atomic mass is 17.2. The van der Waals surface area contributed by atoms with Crippen LogP contribution in [0.5, 0.6) is 5.75 Å². The molecule has 0 saturated carbocycles. The summed E-state index contributed by atoms with van der Waals surface area (Å²) >= 11 is 0. The van der Waals surface area contributed by atoms with Gasteiger partial charge in [0.25, 0.3) is 5.91 Å². The molecule has 1 amide bonds. The summed E-state index contributed by atoms with van der Waals surface area (Å²) in [6.07, 6.45) is 6.42. The first kappa shape index (κ1) is 18.3. The fourth-order valence-electron chi connectivity index (χ4n) is 2.49. The van der Waals surface area contributed by atoms with E-state index in [0.29, 0.717) is 17.9 Å². The Balaban J connectivity index is 2.29. The third-order valence-corrected chi connectivity index (χ3v) is 3.79. The molecule has 132 valence electrons. The fraction of sp³-hybridized carbons (Fsp3) is 0.353. The van der Waals surface area contributed by atoms with Crippen molar-refractivity contribution in [1.82, 2.24) is 4.90 Å². The zero-order chi connectivity index (χ0) is 18.4. The average Bonchev–Trinajstić information content (AvgIpc) is 2.95. The predicted octanol–water partition coefficient (Wildman–Crippen LogP) is 0.802. The molecule has 8 heteroatoms. The van der Waals surface area contributed by atoms with E-state index in [1.807, 2.05) is 0 Å². The Bertz CT molecular complexity index is 739. The Morgan fingerprint density at radius 2 is 2.20 bits per heavy atom. The largest absolute Gasteiger partial charge is 0.497 e. The Morgan fingerprint density at radius 1 is 1.44 bits per heavy atom. The number of aliphatic imine (C=N–C) groups is 1. The van der Waals surface area contributed by atoms with Gasteiger partial charge in [0.2, 0.25) is 11.9 Å². The summed E-state index contributed by atoms with van der Waals surface area (Å²) < 4.78 is 9.88. The third kappa shape index (κ3) is 3.56. The van der Waals surface area contributed by atoms with Gasteiger partial charge in [0.1, 0.15) is 5.75 Å². The van der Waals surface area contributed by atoms with Crippen molar-refractivity contribution < 1.29 is 28.8 Å². The Labute approximate surface area is 145 Å². The zero-order valence-electron chi connectivity index (χ0n) is 14.1. The predicted molar refractivity (Wildman–Crippen MR) is 87.9 cm³/mol. The number of amides is 1. The summed E-state index contributed by atoms with van der Waals surface area (Å²) in [5.74, 6) is 1.80. The second-order valence-electron chi connectivity index (χ2n) is 5.18. The van der Waals surface area contributed by atoms with Gasteiger partial charge >= 0.3 is 5.97 Å². The van der Waals surface area contributed by atoms with Crippen LogP contribution in [0.4, 0.5) is 0 Å². The summed E-state index contributed by atoms with van der Waals surface area (Å²) in [6, 6.07) is 5.19. The highest BCUT2D eigenvalue weighted by Gasteiger charge is 2.43. The van der Waals surface area contributed by atoms with Gasteiger partial charge in [-0.2, -0.15) is 4.89 Å². The first-order chi connectivity index (χ1) is 12.0. The minimum atomic E-state index is -1.74. The van der Waals surface area contributed by atoms with Gasteiger partial charge in [-0.25, -0.2) is 9.79 Å². The van der Waals surface area contributed by atoms with Crippen LogP contribution in [0.1, 0.15) is 15.9 Å². The molecule has 1 aromatic rings. The quantitative estimate of drug-likeness (QED) is 0.181. The molecule has 0 saturated heterocycles. The van der Waals surface area contributed by atoms with E-state index in [0.717, 1.165) is 12.0 Å². The monoisotopic (exact) mass is 346 g/mol. The van der Waals surface area contributed by atoms with E-state index in [2.05, 4.69) is 20.7 Å². The van der Waals surface area contributed by atoms with Crippen LogP contribution in [0.25, 0.3) is 0 Å². The smallest absolute Gasteiger partial charge is 0.348 e. The second kappa shape index (κ2) is 7.68. The van der Waals surface area contributed by atoms with Gasteiger partial charge in [-0.1, -0.05) is 12.0 Å². The molecule has 8 nitrogen and oxygen atoms in total. The molecule has 1 aliphatic heterocycles. The Kier molecular flexibility index (Phi) is 5.62. The molecular formula is C17H18N2O6. The number of carbonyl (C=O) groups excluding carboxylic acids is 2. The number of methoxy groups -OCH3 is 2. The van der Waals surface area contributed by atoms with E-state index in [-0.39, 0.29) is 12.5 Å². The van der Waals surface area contributed by atoms with Crippen molar-refractivity contribution in [1.29, 1.82) is 0 Å². The molecule has 1 aromatic carbocycles. The van der Waals surface area contributed by atoms with E-state index in [1.54, 1.807) is 18.2 Å². The molecule has 1 heterocycles. The van der Waals surface area contributed by atoms with E-state index in [4.69, 9.17) is 15.9 Å². The van der Waals surface area contributed by atoms with Crippen LogP contribution in [0, 0.1) is 12.3 Å². The first-order valence-electron chi connectivity index (χ1n) is 7.27. The van der Waals surface area contributed by atoms with E-state index in [1.165, 1.54) is 26.2 Å². The SMILES string of the molecule is C#C[C@](CN1Cc2ccc(OC)cc2C1=O)(/N=C/OOC)C(=O)OC. The van der Waals surface area contributed by atoms with Crippen molar-refractivity contribution in [3.63, 3.8) is 0 Å². The second-order valence-corrected chi connectivity index (χ2v) is 5.18. The summed E-state index contributed by atoms with van der Waals surface area (Å²) in [4.78, 5) is 39.1. The number of carbonyl (C=O) groups is 2. The Hall–Kier alpha value is -3.05. The van der Waals surface area contributed by atoms with Gasteiger partial charge in [0, 0.05) is 12.1 Å². The molecule has 0 spiro atoms. The molecule has 0 N–H and O–H groups in total. The number of fused-ring (bicyclic) bond motifs is 1. The lowest BCUT2D eigenvalue weighted by Crippen LogP contribution is -2.47. The van der Waals surface area contributed by atoms with Crippen LogP contribution in [0.2, 0.25) is 0 Å². The van der Waals surface area contributed by atoms with Gasteiger partial charge in [0.15, 0.2) is 0 Å². The molecule has 2 rings (SSSR count). The third-order valence-electron chi connectivity index (χ3n) is 3.79. The molecule has 0 radical (unpaired) electrons. The van der Waals surface area contributed by atoms with Gasteiger partial charge in [-0.05, 0) is 17.7 Å². The minimum absolute atomic E-state index is 0.171. The normalized spacial score (nSPS) is 15.4. The Morgan fingerprint density at radius 3 is 2.80 bits per heavy atom. The molecule has 0 aromatic heterocycles. The number of hydrogen-bond donors (Lipinski definition) is 0. The van der Waals surface area contributed by atoms with Crippen molar-refractivity contribution in [2.45, 2.75) is 12.1 Å². The summed E-state index contributed by atoms with van der Waals surface area (Å²) in [6.45, 7) is 0.120. The maximum Gasteiger partial charge on any atom is 0.348 e. The number of terminal acetylenes is 1. The average molecular weight is 346 g/mol. The van der Waals surface area contributed by atoms with Crippen molar-refractivity contribution in [3.8, 4) is 18.1 Å². The van der Waals surface area contributed by atoms with Crippen LogP contribution in [-0.2, 0) is 25.9 Å². The van der Waals surface area contributed by atoms with Crippen molar-refractivity contribution in [3.05, 3.63) is 29.3 Å². The molecule has 1 atom stereocenters. The number of esters is 1. The molecule has 0 fully saturated rings. The highest BCUT2D eigenvalue weighted by Crippen LogP contribution is 2.28. The molecule has 0 unspecified atom stereocenters. The fourth-order valence-corrected chi connectivity index (χ4v) is 2.49. The van der Waals surface area contributed by atoms with Crippen LogP contribution in [0.15, 0.2) is 23.2 Å². The zero-order valence-corrected chi connectivity index (χ0v) is 14.1. The number of benzene rings is 1. The molecule has 1 aliphatic rings. The molecule has 25 heavy (non-hydrogen) atoms. The molecular weight excluding hydrogens is 328 g/mol. The lowest BCUT2D eigenvalue weighted by Gasteiger charge is -2.26.